The fourth-order valence-electron chi connectivity index (χ4n) is 2.55. The summed E-state index contributed by atoms with van der Waals surface area (Å²) in [7, 11) is 0.743. The van der Waals surface area contributed by atoms with E-state index in [1.54, 1.807) is 37.4 Å². The minimum absolute atomic E-state index is 0.147. The van der Waals surface area contributed by atoms with E-state index in [1.165, 1.54) is 26.3 Å². The fourth-order valence-corrected chi connectivity index (χ4v) is 3.70. The van der Waals surface area contributed by atoms with Crippen molar-refractivity contribution in [2.75, 3.05) is 27.8 Å². The third-order valence-corrected chi connectivity index (χ3v) is 5.92. The highest BCUT2D eigenvalue weighted by molar-refractivity contribution is 7.89. The maximum atomic E-state index is 12.5. The van der Waals surface area contributed by atoms with E-state index in [2.05, 4.69) is 5.32 Å². The Morgan fingerprint density at radius 1 is 1.07 bits per heavy atom. The highest BCUT2D eigenvalue weighted by atomic mass is 32.2. The van der Waals surface area contributed by atoms with Crippen LogP contribution in [0.2, 0.25) is 0 Å². The minimum atomic E-state index is -3.72. The molecule has 0 saturated heterocycles. The fraction of sp³-hybridized carbons (Fsp3) is 0.316. The normalized spacial score (nSPS) is 12.5. The molecule has 0 radical (unpaired) electrons. The molecule has 0 aliphatic carbocycles. The number of likely N-dealkylation sites (N-methyl/N-ethyl adjacent to an activating group) is 1. The Kier molecular flexibility index (Phi) is 6.81. The third-order valence-electron chi connectivity index (χ3n) is 4.10. The standard InChI is InChI=1S/C19H24N2O5S/c1-14(15-10-11-17(25-3)18(12-15)26-4)20-19(22)13-21(2)27(23,24)16-8-6-5-7-9-16/h5-12,14H,13H2,1-4H3,(H,20,22). The zero-order valence-corrected chi connectivity index (χ0v) is 16.6. The van der Waals surface area contributed by atoms with E-state index in [9.17, 15) is 13.2 Å². The molecule has 0 aliphatic rings. The van der Waals surface area contributed by atoms with E-state index in [4.69, 9.17) is 9.47 Å². The molecule has 8 heteroatoms. The number of nitrogens with one attached hydrogen (secondary N) is 1. The molecule has 1 unspecified atom stereocenters. The molecule has 1 amide bonds. The number of methoxy groups -OCH3 is 2. The molecule has 2 aromatic carbocycles. The van der Waals surface area contributed by atoms with Gasteiger partial charge in [0, 0.05) is 7.05 Å². The van der Waals surface area contributed by atoms with Crippen molar-refractivity contribution in [1.29, 1.82) is 0 Å². The van der Waals surface area contributed by atoms with Crippen LogP contribution in [0.3, 0.4) is 0 Å². The van der Waals surface area contributed by atoms with E-state index < -0.39 is 15.9 Å². The van der Waals surface area contributed by atoms with E-state index in [0.717, 1.165) is 9.87 Å². The molecule has 0 saturated carbocycles. The first-order valence-corrected chi connectivity index (χ1v) is 9.76. The summed E-state index contributed by atoms with van der Waals surface area (Å²) in [6.07, 6.45) is 0. The lowest BCUT2D eigenvalue weighted by atomic mass is 10.1. The van der Waals surface area contributed by atoms with E-state index in [-0.39, 0.29) is 17.5 Å². The van der Waals surface area contributed by atoms with Gasteiger partial charge in [-0.2, -0.15) is 4.31 Å². The van der Waals surface area contributed by atoms with Crippen LogP contribution in [0.25, 0.3) is 0 Å². The minimum Gasteiger partial charge on any atom is -0.493 e. The highest BCUT2D eigenvalue weighted by Gasteiger charge is 2.23. The number of carbonyl (C=O) groups is 1. The second-order valence-corrected chi connectivity index (χ2v) is 8.02. The van der Waals surface area contributed by atoms with Crippen molar-refractivity contribution in [2.45, 2.75) is 17.9 Å². The number of carbonyl (C=O) groups excluding carboxylic acids is 1. The second-order valence-electron chi connectivity index (χ2n) is 5.98. The van der Waals surface area contributed by atoms with Crippen LogP contribution in [0.1, 0.15) is 18.5 Å². The first-order valence-electron chi connectivity index (χ1n) is 8.32. The maximum absolute atomic E-state index is 12.5. The average Bonchev–Trinajstić information content (AvgIpc) is 2.67. The summed E-state index contributed by atoms with van der Waals surface area (Å²) >= 11 is 0. The Labute approximate surface area is 160 Å². The number of hydrogen-bond acceptors (Lipinski definition) is 5. The van der Waals surface area contributed by atoms with Crippen molar-refractivity contribution in [3.8, 4) is 11.5 Å². The Morgan fingerprint density at radius 2 is 1.70 bits per heavy atom. The van der Waals surface area contributed by atoms with Gasteiger partial charge in [0.25, 0.3) is 0 Å². The summed E-state index contributed by atoms with van der Waals surface area (Å²) in [5.74, 6) is 0.743. The molecular formula is C19H24N2O5S. The molecule has 0 fully saturated rings. The van der Waals surface area contributed by atoms with Crippen molar-refractivity contribution in [3.05, 3.63) is 54.1 Å². The number of sulfonamides is 1. The quantitative estimate of drug-likeness (QED) is 0.744. The number of benzene rings is 2. The predicted molar refractivity (Wildman–Crippen MR) is 102 cm³/mol. The van der Waals surface area contributed by atoms with Crippen LogP contribution < -0.4 is 14.8 Å². The first kappa shape index (κ1) is 20.7. The molecule has 7 nitrogen and oxygen atoms in total. The van der Waals surface area contributed by atoms with Crippen LogP contribution in [0, 0.1) is 0 Å². The lowest BCUT2D eigenvalue weighted by Crippen LogP contribution is -2.39. The van der Waals surface area contributed by atoms with Gasteiger partial charge in [0.1, 0.15) is 0 Å². The summed E-state index contributed by atoms with van der Waals surface area (Å²) in [6.45, 7) is 1.53. The summed E-state index contributed by atoms with van der Waals surface area (Å²) in [5, 5.41) is 2.80. The third kappa shape index (κ3) is 4.99. The maximum Gasteiger partial charge on any atom is 0.243 e. The Balaban J connectivity index is 2.04. The molecule has 0 bridgehead atoms. The molecule has 1 atom stereocenters. The number of rotatable bonds is 8. The Hall–Kier alpha value is -2.58. The molecule has 27 heavy (non-hydrogen) atoms. The van der Waals surface area contributed by atoms with Gasteiger partial charge in [0.2, 0.25) is 15.9 Å². The van der Waals surface area contributed by atoms with Gasteiger partial charge in [-0.15, -0.1) is 0 Å². The second kappa shape index (κ2) is 8.88. The van der Waals surface area contributed by atoms with Crippen molar-refractivity contribution in [1.82, 2.24) is 9.62 Å². The smallest absolute Gasteiger partial charge is 0.243 e. The van der Waals surface area contributed by atoms with Crippen molar-refractivity contribution in [3.63, 3.8) is 0 Å². The lowest BCUT2D eigenvalue weighted by Gasteiger charge is -2.20. The molecule has 2 rings (SSSR count). The zero-order valence-electron chi connectivity index (χ0n) is 15.8. The van der Waals surface area contributed by atoms with Gasteiger partial charge in [0.05, 0.1) is 31.7 Å². The van der Waals surface area contributed by atoms with Gasteiger partial charge < -0.3 is 14.8 Å². The van der Waals surface area contributed by atoms with Crippen LogP contribution in [0.4, 0.5) is 0 Å². The Morgan fingerprint density at radius 3 is 2.30 bits per heavy atom. The topological polar surface area (TPSA) is 84.9 Å². The van der Waals surface area contributed by atoms with Crippen LogP contribution in [0.15, 0.2) is 53.4 Å². The Bertz CT molecular complexity index is 884. The number of nitrogens with zero attached hydrogens (tertiary/aromatic N) is 1. The summed E-state index contributed by atoms with van der Waals surface area (Å²) in [5.41, 5.74) is 0.814. The van der Waals surface area contributed by atoms with Gasteiger partial charge in [-0.05, 0) is 36.8 Å². The highest BCUT2D eigenvalue weighted by Crippen LogP contribution is 2.29. The lowest BCUT2D eigenvalue weighted by molar-refractivity contribution is -0.121. The summed E-state index contributed by atoms with van der Waals surface area (Å²) in [4.78, 5) is 12.5. The first-order chi connectivity index (χ1) is 12.8. The monoisotopic (exact) mass is 392 g/mol. The number of hydrogen-bond donors (Lipinski definition) is 1. The molecule has 146 valence electrons. The van der Waals surface area contributed by atoms with Gasteiger partial charge in [-0.25, -0.2) is 8.42 Å². The molecule has 0 aliphatic heterocycles. The van der Waals surface area contributed by atoms with Gasteiger partial charge in [0.15, 0.2) is 11.5 Å². The van der Waals surface area contributed by atoms with Crippen LogP contribution >= 0.6 is 0 Å². The summed E-state index contributed by atoms with van der Waals surface area (Å²) < 4.78 is 36.5. The molecule has 0 heterocycles. The largest absolute Gasteiger partial charge is 0.493 e. The van der Waals surface area contributed by atoms with Crippen molar-refractivity contribution in [2.24, 2.45) is 0 Å². The summed E-state index contributed by atoms with van der Waals surface area (Å²) in [6, 6.07) is 13.0. The molecule has 0 aromatic heterocycles. The van der Waals surface area contributed by atoms with Gasteiger partial charge >= 0.3 is 0 Å². The SMILES string of the molecule is COc1ccc(C(C)NC(=O)CN(C)S(=O)(=O)c2ccccc2)cc1OC. The predicted octanol–water partition coefficient (Wildman–Crippen LogP) is 2.20. The van der Waals surface area contributed by atoms with Gasteiger partial charge in [-0.1, -0.05) is 24.3 Å². The molecule has 1 N–H and O–H groups in total. The van der Waals surface area contributed by atoms with Gasteiger partial charge in [-0.3, -0.25) is 4.79 Å². The molecular weight excluding hydrogens is 368 g/mol. The van der Waals surface area contributed by atoms with Crippen molar-refractivity contribution < 1.29 is 22.7 Å². The number of ether oxygens (including phenoxy) is 2. The van der Waals surface area contributed by atoms with Crippen LogP contribution in [-0.2, 0) is 14.8 Å². The zero-order chi connectivity index (χ0) is 20.0. The average molecular weight is 392 g/mol. The van der Waals surface area contributed by atoms with Crippen LogP contribution in [-0.4, -0.2) is 46.4 Å². The molecule has 2 aromatic rings. The van der Waals surface area contributed by atoms with Crippen LogP contribution in [0.5, 0.6) is 11.5 Å². The van der Waals surface area contributed by atoms with E-state index in [1.807, 2.05) is 13.0 Å². The van der Waals surface area contributed by atoms with E-state index >= 15 is 0 Å². The van der Waals surface area contributed by atoms with Crippen molar-refractivity contribution >= 4 is 15.9 Å². The number of amides is 1. The molecule has 0 spiro atoms. The van der Waals surface area contributed by atoms with E-state index in [0.29, 0.717) is 11.5 Å².